The highest BCUT2D eigenvalue weighted by Gasteiger charge is 2.23. The van der Waals surface area contributed by atoms with E-state index in [4.69, 9.17) is 4.99 Å². The summed E-state index contributed by atoms with van der Waals surface area (Å²) in [4.78, 5) is 5.31. The molecule has 2 aromatic heterocycles. The van der Waals surface area contributed by atoms with Crippen molar-refractivity contribution in [1.29, 1.82) is 0 Å². The van der Waals surface area contributed by atoms with E-state index in [-0.39, 0.29) is 6.04 Å². The van der Waals surface area contributed by atoms with Crippen molar-refractivity contribution in [3.63, 3.8) is 0 Å². The molecule has 1 unspecified atom stereocenters. The molecule has 236 valence electrons. The molecule has 0 fully saturated rings. The van der Waals surface area contributed by atoms with Crippen LogP contribution in [0, 0.1) is 0 Å². The summed E-state index contributed by atoms with van der Waals surface area (Å²) in [5.74, 6) is 0.810. The second-order valence-electron chi connectivity index (χ2n) is 12.9. The lowest BCUT2D eigenvalue weighted by molar-refractivity contribution is 0.760. The van der Waals surface area contributed by atoms with Crippen molar-refractivity contribution in [3.8, 4) is 16.8 Å². The molecule has 1 aliphatic heterocycles. The van der Waals surface area contributed by atoms with Crippen LogP contribution in [-0.4, -0.2) is 15.1 Å². The number of aromatic nitrogens is 2. The van der Waals surface area contributed by atoms with Gasteiger partial charge in [0.05, 0.1) is 33.8 Å². The number of rotatable bonds is 4. The summed E-state index contributed by atoms with van der Waals surface area (Å²) in [6.07, 6.45) is 2.23. The van der Waals surface area contributed by atoms with E-state index in [0.29, 0.717) is 0 Å². The van der Waals surface area contributed by atoms with Gasteiger partial charge in [-0.15, -0.1) is 0 Å². The predicted molar refractivity (Wildman–Crippen MR) is 209 cm³/mol. The minimum Gasteiger partial charge on any atom is -0.345 e. The molecule has 0 saturated carbocycles. The number of aliphatic imine (C=N–C) groups is 1. The van der Waals surface area contributed by atoms with E-state index in [1.807, 2.05) is 0 Å². The van der Waals surface area contributed by atoms with Gasteiger partial charge in [-0.3, -0.25) is 4.57 Å². The Hall–Kier alpha value is -6.65. The Morgan fingerprint density at radius 2 is 0.980 bits per heavy atom. The van der Waals surface area contributed by atoms with E-state index in [0.717, 1.165) is 39.5 Å². The topological polar surface area (TPSA) is 34.2 Å². The highest BCUT2D eigenvalue weighted by Crippen LogP contribution is 2.38. The summed E-state index contributed by atoms with van der Waals surface area (Å²) in [6.45, 7) is 0. The van der Waals surface area contributed by atoms with Crippen LogP contribution in [0.15, 0.2) is 187 Å². The van der Waals surface area contributed by atoms with Gasteiger partial charge in [-0.25, -0.2) is 4.99 Å². The minimum atomic E-state index is -0.0392. The number of hydrogen-bond donors (Lipinski definition) is 1. The van der Waals surface area contributed by atoms with Gasteiger partial charge in [-0.1, -0.05) is 133 Å². The number of benzene rings is 7. The van der Waals surface area contributed by atoms with Gasteiger partial charge in [-0.05, 0) is 65.2 Å². The van der Waals surface area contributed by atoms with E-state index < -0.39 is 0 Å². The fraction of sp³-hybridized carbons (Fsp3) is 0.0217. The number of fused-ring (bicyclic) bond motifs is 6. The first-order chi connectivity index (χ1) is 24.8. The lowest BCUT2D eigenvalue weighted by atomic mass is 10.0. The van der Waals surface area contributed by atoms with Gasteiger partial charge in [0.15, 0.2) is 0 Å². The van der Waals surface area contributed by atoms with E-state index in [1.54, 1.807) is 0 Å². The predicted octanol–water partition coefficient (Wildman–Crippen LogP) is 11.1. The van der Waals surface area contributed by atoms with Crippen LogP contribution < -0.4 is 5.32 Å². The molecule has 10 rings (SSSR count). The second kappa shape index (κ2) is 11.5. The molecule has 0 bridgehead atoms. The SMILES string of the molecule is C1=C(c2ccccc2)N=C(n2c3ccccc3c3ccc(-c4ccc5c(c4)c4ccccc4n5-c4ccccc4)cc32)NC1c1ccccc1. The van der Waals surface area contributed by atoms with Gasteiger partial charge in [0.25, 0.3) is 0 Å². The Labute approximate surface area is 289 Å². The van der Waals surface area contributed by atoms with Gasteiger partial charge in [0.2, 0.25) is 5.96 Å². The van der Waals surface area contributed by atoms with Crippen LogP contribution in [0.3, 0.4) is 0 Å². The number of nitrogens with one attached hydrogen (secondary N) is 1. The lowest BCUT2D eigenvalue weighted by Crippen LogP contribution is -2.35. The molecule has 0 radical (unpaired) electrons. The maximum absolute atomic E-state index is 5.31. The fourth-order valence-electron chi connectivity index (χ4n) is 7.63. The number of para-hydroxylation sites is 3. The summed E-state index contributed by atoms with van der Waals surface area (Å²) < 4.78 is 4.67. The van der Waals surface area contributed by atoms with Crippen LogP contribution in [0.4, 0.5) is 0 Å². The van der Waals surface area contributed by atoms with Crippen LogP contribution in [0.1, 0.15) is 17.2 Å². The molecular weight excluding hydrogens is 609 g/mol. The summed E-state index contributed by atoms with van der Waals surface area (Å²) in [6, 6.07) is 62.7. The first-order valence-corrected chi connectivity index (χ1v) is 17.1. The van der Waals surface area contributed by atoms with Crippen LogP contribution in [0.2, 0.25) is 0 Å². The number of hydrogen-bond acceptors (Lipinski definition) is 2. The second-order valence-corrected chi connectivity index (χ2v) is 12.9. The molecule has 0 aliphatic carbocycles. The highest BCUT2D eigenvalue weighted by molar-refractivity contribution is 6.16. The molecule has 4 nitrogen and oxygen atoms in total. The van der Waals surface area contributed by atoms with Crippen molar-refractivity contribution in [2.24, 2.45) is 4.99 Å². The van der Waals surface area contributed by atoms with Gasteiger partial charge < -0.3 is 9.88 Å². The molecule has 4 heteroatoms. The molecular formula is C46H32N4. The van der Waals surface area contributed by atoms with Gasteiger partial charge in [-0.2, -0.15) is 0 Å². The number of nitrogens with zero attached hydrogens (tertiary/aromatic N) is 3. The minimum absolute atomic E-state index is 0.0392. The van der Waals surface area contributed by atoms with Gasteiger partial charge in [0, 0.05) is 32.8 Å². The molecule has 1 N–H and O–H groups in total. The zero-order valence-electron chi connectivity index (χ0n) is 27.2. The third-order valence-electron chi connectivity index (χ3n) is 9.97. The fourth-order valence-corrected chi connectivity index (χ4v) is 7.63. The van der Waals surface area contributed by atoms with Crippen molar-refractivity contribution >= 4 is 55.3 Å². The van der Waals surface area contributed by atoms with E-state index in [9.17, 15) is 0 Å². The largest absolute Gasteiger partial charge is 0.345 e. The normalized spacial score (nSPS) is 14.6. The van der Waals surface area contributed by atoms with Crippen LogP contribution in [-0.2, 0) is 0 Å². The van der Waals surface area contributed by atoms with Crippen molar-refractivity contribution in [2.45, 2.75) is 6.04 Å². The molecule has 3 heterocycles. The Morgan fingerprint density at radius 1 is 0.420 bits per heavy atom. The molecule has 0 amide bonds. The summed E-state index contributed by atoms with van der Waals surface area (Å²) in [5.41, 5.74) is 11.4. The maximum atomic E-state index is 5.31. The third kappa shape index (κ3) is 4.57. The zero-order valence-corrected chi connectivity index (χ0v) is 27.2. The van der Waals surface area contributed by atoms with Crippen molar-refractivity contribution in [3.05, 3.63) is 193 Å². The molecule has 1 atom stereocenters. The van der Waals surface area contributed by atoms with Crippen molar-refractivity contribution in [1.82, 2.24) is 14.5 Å². The highest BCUT2D eigenvalue weighted by atomic mass is 15.2. The first-order valence-electron chi connectivity index (χ1n) is 17.1. The van der Waals surface area contributed by atoms with Crippen molar-refractivity contribution < 1.29 is 0 Å². The molecule has 50 heavy (non-hydrogen) atoms. The van der Waals surface area contributed by atoms with Gasteiger partial charge >= 0.3 is 0 Å². The average Bonchev–Trinajstić information content (AvgIpc) is 3.71. The molecule has 0 spiro atoms. The van der Waals surface area contributed by atoms with Crippen molar-refractivity contribution in [2.75, 3.05) is 0 Å². The van der Waals surface area contributed by atoms with Crippen LogP contribution in [0.25, 0.3) is 66.1 Å². The smallest absolute Gasteiger partial charge is 0.209 e. The Balaban J connectivity index is 1.17. The Morgan fingerprint density at radius 3 is 1.74 bits per heavy atom. The molecule has 1 aliphatic rings. The quantitative estimate of drug-likeness (QED) is 0.204. The molecule has 9 aromatic rings. The summed E-state index contributed by atoms with van der Waals surface area (Å²) in [7, 11) is 0. The Bertz CT molecular complexity index is 2770. The maximum Gasteiger partial charge on any atom is 0.209 e. The van der Waals surface area contributed by atoms with E-state index in [1.165, 1.54) is 43.7 Å². The summed E-state index contributed by atoms with van der Waals surface area (Å²) in [5, 5.41) is 8.70. The standard InChI is InChI=1S/C46H32N4/c1-4-14-31(15-5-1)40-30-41(32-16-6-2-7-17-32)48-46(47-40)50-43-23-13-10-20-36(43)38-26-24-34(29-45(38)50)33-25-27-44-39(28-33)37-21-11-12-22-42(37)49(44)35-18-8-3-9-19-35/h1-30,40H,(H,47,48). The zero-order chi connectivity index (χ0) is 33.0. The molecule has 0 saturated heterocycles. The monoisotopic (exact) mass is 640 g/mol. The van der Waals surface area contributed by atoms with E-state index in [2.05, 4.69) is 196 Å². The van der Waals surface area contributed by atoms with Gasteiger partial charge in [0.1, 0.15) is 0 Å². The van der Waals surface area contributed by atoms with Crippen LogP contribution >= 0.6 is 0 Å². The first kappa shape index (κ1) is 28.4. The molecule has 7 aromatic carbocycles. The lowest BCUT2D eigenvalue weighted by Gasteiger charge is -2.25. The van der Waals surface area contributed by atoms with E-state index >= 15 is 0 Å². The Kier molecular flexibility index (Phi) is 6.53. The van der Waals surface area contributed by atoms with Crippen LogP contribution in [0.5, 0.6) is 0 Å². The third-order valence-corrected chi connectivity index (χ3v) is 9.97. The summed E-state index contributed by atoms with van der Waals surface area (Å²) >= 11 is 0. The average molecular weight is 641 g/mol.